The number of para-hydroxylation sites is 1. The zero-order valence-electron chi connectivity index (χ0n) is 17.1. The molecule has 6 heteroatoms. The highest BCUT2D eigenvalue weighted by molar-refractivity contribution is 7.14. The van der Waals surface area contributed by atoms with Gasteiger partial charge in [0.15, 0.2) is 23.2 Å². The Morgan fingerprint density at radius 2 is 1.97 bits per heavy atom. The first-order valence-corrected chi connectivity index (χ1v) is 10.5. The molecule has 0 aliphatic carbocycles. The topological polar surface area (TPSA) is 51.7 Å². The van der Waals surface area contributed by atoms with Crippen LogP contribution in [0.2, 0.25) is 0 Å². The Morgan fingerprint density at radius 3 is 2.66 bits per heavy atom. The van der Waals surface area contributed by atoms with Crippen LogP contribution in [0, 0.1) is 13.8 Å². The number of amides is 1. The number of hydrogen-bond donors (Lipinski definition) is 0. The molecular weight excluding hydrogens is 384 g/mol. The molecule has 0 saturated carbocycles. The lowest BCUT2D eigenvalue weighted by molar-refractivity contribution is -0.119. The maximum absolute atomic E-state index is 13.2. The van der Waals surface area contributed by atoms with Crippen molar-refractivity contribution in [1.82, 2.24) is 4.98 Å². The molecule has 0 radical (unpaired) electrons. The van der Waals surface area contributed by atoms with Gasteiger partial charge in [-0.05, 0) is 45.9 Å². The van der Waals surface area contributed by atoms with Gasteiger partial charge in [0.05, 0.1) is 11.4 Å². The minimum absolute atomic E-state index is 0.104. The first kappa shape index (κ1) is 19.5. The molecule has 0 N–H and O–H groups in total. The van der Waals surface area contributed by atoms with Crippen LogP contribution in [0.15, 0.2) is 47.8 Å². The summed E-state index contributed by atoms with van der Waals surface area (Å²) >= 11 is 1.44. The van der Waals surface area contributed by atoms with Crippen molar-refractivity contribution < 1.29 is 14.3 Å². The van der Waals surface area contributed by atoms with Crippen LogP contribution < -0.4 is 14.4 Å². The molecule has 0 spiro atoms. The fraction of sp³-hybridized carbons (Fsp3) is 0.304. The molecule has 0 fully saturated rings. The molecule has 0 saturated heterocycles. The molecular formula is C23H24N2O3S. The third-order valence-corrected chi connectivity index (χ3v) is 5.69. The number of anilines is 2. The Morgan fingerprint density at radius 1 is 1.21 bits per heavy atom. The van der Waals surface area contributed by atoms with E-state index in [9.17, 15) is 4.79 Å². The number of benzene rings is 2. The summed E-state index contributed by atoms with van der Waals surface area (Å²) in [6, 6.07) is 13.6. The van der Waals surface area contributed by atoms with Gasteiger partial charge < -0.3 is 9.47 Å². The van der Waals surface area contributed by atoms with Crippen LogP contribution in [-0.2, 0) is 11.2 Å². The highest BCUT2D eigenvalue weighted by atomic mass is 32.1. The van der Waals surface area contributed by atoms with Gasteiger partial charge in [0.1, 0.15) is 5.60 Å². The molecule has 3 aromatic rings. The lowest BCUT2D eigenvalue weighted by Crippen LogP contribution is -2.31. The number of nitrogens with zero attached hydrogens (tertiary/aromatic N) is 2. The van der Waals surface area contributed by atoms with Gasteiger partial charge in [-0.3, -0.25) is 9.69 Å². The van der Waals surface area contributed by atoms with Crippen LogP contribution >= 0.6 is 11.3 Å². The van der Waals surface area contributed by atoms with Crippen molar-refractivity contribution in [2.45, 2.75) is 39.7 Å². The largest absolute Gasteiger partial charge is 0.483 e. The highest BCUT2D eigenvalue weighted by Gasteiger charge is 2.32. The number of ether oxygens (including phenoxy) is 2. The number of hydrogen-bond acceptors (Lipinski definition) is 5. The summed E-state index contributed by atoms with van der Waals surface area (Å²) in [5, 5.41) is 2.57. The Balaban J connectivity index is 1.57. The van der Waals surface area contributed by atoms with Crippen molar-refractivity contribution >= 4 is 28.1 Å². The lowest BCUT2D eigenvalue weighted by Gasteiger charge is -2.21. The first-order chi connectivity index (χ1) is 13.8. The smallest absolute Gasteiger partial charge is 0.271 e. The van der Waals surface area contributed by atoms with Crippen molar-refractivity contribution in [3.05, 3.63) is 64.7 Å². The molecule has 5 nitrogen and oxygen atoms in total. The third kappa shape index (κ3) is 4.12. The molecule has 1 aromatic heterocycles. The molecule has 0 atom stereocenters. The molecule has 0 bridgehead atoms. The van der Waals surface area contributed by atoms with E-state index in [-0.39, 0.29) is 18.1 Å². The van der Waals surface area contributed by atoms with E-state index in [1.54, 1.807) is 4.90 Å². The molecule has 2 aromatic carbocycles. The van der Waals surface area contributed by atoms with E-state index in [0.717, 1.165) is 34.7 Å². The van der Waals surface area contributed by atoms with E-state index in [2.05, 4.69) is 4.98 Å². The number of carbonyl (C=O) groups is 1. The Hall–Kier alpha value is -2.86. The average Bonchev–Trinajstić information content (AvgIpc) is 3.23. The molecule has 1 aliphatic rings. The summed E-state index contributed by atoms with van der Waals surface area (Å²) in [5.74, 6) is 1.15. The van der Waals surface area contributed by atoms with Crippen LogP contribution in [0.4, 0.5) is 10.8 Å². The zero-order valence-corrected chi connectivity index (χ0v) is 17.9. The molecule has 0 unspecified atom stereocenters. The van der Waals surface area contributed by atoms with Crippen molar-refractivity contribution in [3.63, 3.8) is 0 Å². The minimum Gasteiger partial charge on any atom is -0.483 e. The van der Waals surface area contributed by atoms with E-state index in [1.807, 2.05) is 75.5 Å². The standard InChI is InChI=1S/C23H24N2O3S/c1-15-8-10-18(11-9-15)25(22-24-16(2)14-29-22)20(26)13-27-19-7-5-6-17-12-23(3,4)28-21(17)19/h5-11,14H,12-13H2,1-4H3. The molecule has 1 aliphatic heterocycles. The number of carbonyl (C=O) groups excluding carboxylic acids is 1. The zero-order chi connectivity index (χ0) is 20.6. The van der Waals surface area contributed by atoms with Crippen LogP contribution in [0.5, 0.6) is 11.5 Å². The fourth-order valence-electron chi connectivity index (χ4n) is 3.40. The molecule has 150 valence electrons. The molecule has 4 rings (SSSR count). The average molecular weight is 409 g/mol. The van der Waals surface area contributed by atoms with Crippen molar-refractivity contribution in [2.24, 2.45) is 0 Å². The van der Waals surface area contributed by atoms with Crippen LogP contribution in [0.1, 0.15) is 30.7 Å². The van der Waals surface area contributed by atoms with Gasteiger partial charge in [-0.15, -0.1) is 11.3 Å². The van der Waals surface area contributed by atoms with Crippen LogP contribution in [-0.4, -0.2) is 23.1 Å². The van der Waals surface area contributed by atoms with Crippen LogP contribution in [0.3, 0.4) is 0 Å². The van der Waals surface area contributed by atoms with E-state index < -0.39 is 0 Å². The number of aromatic nitrogens is 1. The lowest BCUT2D eigenvalue weighted by atomic mass is 10.0. The van der Waals surface area contributed by atoms with Gasteiger partial charge in [0, 0.05) is 17.4 Å². The quantitative estimate of drug-likeness (QED) is 0.581. The van der Waals surface area contributed by atoms with Crippen molar-refractivity contribution in [1.29, 1.82) is 0 Å². The van der Waals surface area contributed by atoms with Gasteiger partial charge in [-0.2, -0.15) is 0 Å². The molecule has 1 amide bonds. The van der Waals surface area contributed by atoms with Crippen molar-refractivity contribution in [3.8, 4) is 11.5 Å². The fourth-order valence-corrected chi connectivity index (χ4v) is 4.24. The molecule has 29 heavy (non-hydrogen) atoms. The Kier molecular flexibility index (Phi) is 5.04. The Bertz CT molecular complexity index is 1040. The molecule has 2 heterocycles. The second kappa shape index (κ2) is 7.52. The monoisotopic (exact) mass is 408 g/mol. The highest BCUT2D eigenvalue weighted by Crippen LogP contribution is 2.41. The summed E-state index contributed by atoms with van der Waals surface area (Å²) in [6.45, 7) is 7.93. The predicted molar refractivity (Wildman–Crippen MR) is 116 cm³/mol. The van der Waals surface area contributed by atoms with Gasteiger partial charge in [-0.1, -0.05) is 29.8 Å². The third-order valence-electron chi connectivity index (χ3n) is 4.75. The second-order valence-corrected chi connectivity index (χ2v) is 8.74. The summed E-state index contributed by atoms with van der Waals surface area (Å²) < 4.78 is 12.0. The number of aryl methyl sites for hydroxylation is 2. The minimum atomic E-state index is -0.266. The summed E-state index contributed by atoms with van der Waals surface area (Å²) in [4.78, 5) is 19.3. The van der Waals surface area contributed by atoms with Gasteiger partial charge in [-0.25, -0.2) is 4.98 Å². The second-order valence-electron chi connectivity index (χ2n) is 7.91. The first-order valence-electron chi connectivity index (χ1n) is 9.58. The van der Waals surface area contributed by atoms with Crippen LogP contribution in [0.25, 0.3) is 0 Å². The van der Waals surface area contributed by atoms with Gasteiger partial charge in [0.25, 0.3) is 5.91 Å². The Labute approximate surface area is 174 Å². The van der Waals surface area contributed by atoms with E-state index in [1.165, 1.54) is 11.3 Å². The SMILES string of the molecule is Cc1ccc(N(C(=O)COc2cccc3c2OC(C)(C)C3)c2nc(C)cs2)cc1. The normalized spacial score (nSPS) is 14.2. The predicted octanol–water partition coefficient (Wildman–Crippen LogP) is 5.22. The number of thiazole rings is 1. The van der Waals surface area contributed by atoms with Gasteiger partial charge >= 0.3 is 0 Å². The van der Waals surface area contributed by atoms with E-state index in [4.69, 9.17) is 9.47 Å². The number of rotatable bonds is 5. The van der Waals surface area contributed by atoms with E-state index >= 15 is 0 Å². The van der Waals surface area contributed by atoms with Crippen molar-refractivity contribution in [2.75, 3.05) is 11.5 Å². The maximum Gasteiger partial charge on any atom is 0.271 e. The summed E-state index contributed by atoms with van der Waals surface area (Å²) in [7, 11) is 0. The van der Waals surface area contributed by atoms with E-state index in [0.29, 0.717) is 10.9 Å². The summed E-state index contributed by atoms with van der Waals surface area (Å²) in [6.07, 6.45) is 0.821. The number of fused-ring (bicyclic) bond motifs is 1. The summed E-state index contributed by atoms with van der Waals surface area (Å²) in [5.41, 5.74) is 3.62. The van der Waals surface area contributed by atoms with Gasteiger partial charge in [0.2, 0.25) is 0 Å². The maximum atomic E-state index is 13.2.